The average Bonchev–Trinajstić information content (AvgIpc) is 2.25. The van der Waals surface area contributed by atoms with Crippen molar-refractivity contribution in [3.8, 4) is 0 Å². The van der Waals surface area contributed by atoms with Crippen molar-refractivity contribution in [2.24, 2.45) is 4.99 Å². The van der Waals surface area contributed by atoms with Gasteiger partial charge >= 0.3 is 0 Å². The molecule has 4 heteroatoms. The Kier molecular flexibility index (Phi) is 2.25. The van der Waals surface area contributed by atoms with Gasteiger partial charge in [0.25, 0.3) is 0 Å². The fourth-order valence-electron chi connectivity index (χ4n) is 1.41. The smallest absolute Gasteiger partial charge is 0.223 e. The summed E-state index contributed by atoms with van der Waals surface area (Å²) in [6.07, 6.45) is 4.77. The monoisotopic (exact) mass is 199 g/mol. The number of ketones is 1. The highest BCUT2D eigenvalue weighted by Gasteiger charge is 2.17. The second kappa shape index (κ2) is 3.57. The Balaban J connectivity index is 2.48. The molecule has 0 spiro atoms. The summed E-state index contributed by atoms with van der Waals surface area (Å²) in [6, 6.07) is 3.63. The topological polar surface area (TPSA) is 66.2 Å². The standard InChI is InChI=1S/C11H9N3O/c1-7-9(6-10(15)11(12)14-7)8-2-4-13-5-3-8/h2-6,12H,1H3. The van der Waals surface area contributed by atoms with Crippen molar-refractivity contribution in [3.63, 3.8) is 0 Å². The lowest BCUT2D eigenvalue weighted by Crippen LogP contribution is -2.17. The molecular weight excluding hydrogens is 190 g/mol. The lowest BCUT2D eigenvalue weighted by molar-refractivity contribution is -0.109. The predicted octanol–water partition coefficient (Wildman–Crippen LogP) is 1.49. The van der Waals surface area contributed by atoms with Gasteiger partial charge in [-0.3, -0.25) is 15.2 Å². The number of amidine groups is 1. The maximum absolute atomic E-state index is 11.3. The Morgan fingerprint density at radius 3 is 2.60 bits per heavy atom. The molecule has 1 N–H and O–H groups in total. The third-order valence-corrected chi connectivity index (χ3v) is 2.17. The molecule has 0 saturated heterocycles. The zero-order chi connectivity index (χ0) is 10.8. The molecule has 15 heavy (non-hydrogen) atoms. The minimum Gasteiger partial charge on any atom is -0.286 e. The lowest BCUT2D eigenvalue weighted by Gasteiger charge is -2.11. The molecule has 0 amide bonds. The van der Waals surface area contributed by atoms with Crippen LogP contribution in [0.15, 0.2) is 35.6 Å². The molecule has 0 aromatic carbocycles. The summed E-state index contributed by atoms with van der Waals surface area (Å²) < 4.78 is 0. The van der Waals surface area contributed by atoms with Gasteiger partial charge in [0.15, 0.2) is 5.84 Å². The summed E-state index contributed by atoms with van der Waals surface area (Å²) in [7, 11) is 0. The number of aliphatic imine (C=N–C) groups is 1. The quantitative estimate of drug-likeness (QED) is 0.744. The Morgan fingerprint density at radius 2 is 1.93 bits per heavy atom. The fourth-order valence-corrected chi connectivity index (χ4v) is 1.41. The van der Waals surface area contributed by atoms with Gasteiger partial charge in [0.2, 0.25) is 5.78 Å². The normalized spacial score (nSPS) is 16.1. The van der Waals surface area contributed by atoms with E-state index in [1.165, 1.54) is 6.08 Å². The van der Waals surface area contributed by atoms with E-state index in [1.54, 1.807) is 19.3 Å². The van der Waals surface area contributed by atoms with Crippen molar-refractivity contribution >= 4 is 22.9 Å². The second-order valence-corrected chi connectivity index (χ2v) is 3.20. The second-order valence-electron chi connectivity index (χ2n) is 3.20. The molecule has 0 bridgehead atoms. The number of nitrogens with zero attached hydrogens (tertiary/aromatic N) is 2. The molecule has 0 aliphatic carbocycles. The van der Waals surface area contributed by atoms with Crippen LogP contribution >= 0.6 is 0 Å². The van der Waals surface area contributed by atoms with Crippen molar-refractivity contribution < 1.29 is 4.79 Å². The van der Waals surface area contributed by atoms with Crippen molar-refractivity contribution in [2.75, 3.05) is 0 Å². The first-order valence-corrected chi connectivity index (χ1v) is 4.49. The van der Waals surface area contributed by atoms with Gasteiger partial charge in [-0.05, 0) is 30.7 Å². The molecule has 1 aliphatic rings. The Labute approximate surface area is 86.9 Å². The SMILES string of the molecule is CC1=NC(=N)C(=O)C=C1c1ccncc1. The number of nitrogens with one attached hydrogen (secondary N) is 1. The van der Waals surface area contributed by atoms with Crippen LogP contribution in [0.5, 0.6) is 0 Å². The summed E-state index contributed by atoms with van der Waals surface area (Å²) in [5.41, 5.74) is 2.34. The Morgan fingerprint density at radius 1 is 1.27 bits per heavy atom. The van der Waals surface area contributed by atoms with Gasteiger partial charge in [0.1, 0.15) is 0 Å². The summed E-state index contributed by atoms with van der Waals surface area (Å²) >= 11 is 0. The molecule has 0 fully saturated rings. The summed E-state index contributed by atoms with van der Waals surface area (Å²) in [4.78, 5) is 19.1. The van der Waals surface area contributed by atoms with Crippen LogP contribution in [-0.4, -0.2) is 22.3 Å². The molecule has 1 aromatic heterocycles. The molecule has 2 heterocycles. The van der Waals surface area contributed by atoms with E-state index in [-0.39, 0.29) is 11.6 Å². The van der Waals surface area contributed by atoms with Crippen LogP contribution in [0.3, 0.4) is 0 Å². The zero-order valence-electron chi connectivity index (χ0n) is 8.19. The average molecular weight is 199 g/mol. The number of aromatic nitrogens is 1. The van der Waals surface area contributed by atoms with Gasteiger partial charge in [-0.15, -0.1) is 0 Å². The third-order valence-electron chi connectivity index (χ3n) is 2.17. The maximum Gasteiger partial charge on any atom is 0.223 e. The number of hydrogen-bond donors (Lipinski definition) is 1. The van der Waals surface area contributed by atoms with Crippen LogP contribution < -0.4 is 0 Å². The van der Waals surface area contributed by atoms with E-state index >= 15 is 0 Å². The van der Waals surface area contributed by atoms with Gasteiger partial charge in [-0.1, -0.05) is 0 Å². The molecule has 4 nitrogen and oxygen atoms in total. The van der Waals surface area contributed by atoms with Crippen LogP contribution in [0.4, 0.5) is 0 Å². The van der Waals surface area contributed by atoms with Crippen LogP contribution in [0.1, 0.15) is 12.5 Å². The molecule has 0 saturated carbocycles. The van der Waals surface area contributed by atoms with Crippen LogP contribution in [-0.2, 0) is 4.79 Å². The van der Waals surface area contributed by atoms with Crippen molar-refractivity contribution in [3.05, 3.63) is 36.2 Å². The van der Waals surface area contributed by atoms with Gasteiger partial charge in [-0.25, -0.2) is 4.99 Å². The number of carbonyl (C=O) groups excluding carboxylic acids is 1. The molecule has 2 rings (SSSR count). The van der Waals surface area contributed by atoms with E-state index < -0.39 is 0 Å². The molecular formula is C11H9N3O. The number of carbonyl (C=O) groups is 1. The number of pyridine rings is 1. The molecule has 1 aliphatic heterocycles. The highest BCUT2D eigenvalue weighted by molar-refractivity contribution is 6.51. The summed E-state index contributed by atoms with van der Waals surface area (Å²) in [6.45, 7) is 1.78. The number of allylic oxidation sites excluding steroid dienone is 1. The largest absolute Gasteiger partial charge is 0.286 e. The fraction of sp³-hybridized carbons (Fsp3) is 0.0909. The minimum atomic E-state index is -0.354. The Hall–Kier alpha value is -2.10. The van der Waals surface area contributed by atoms with Gasteiger partial charge in [-0.2, -0.15) is 0 Å². The van der Waals surface area contributed by atoms with Crippen molar-refractivity contribution in [2.45, 2.75) is 6.92 Å². The van der Waals surface area contributed by atoms with E-state index in [0.29, 0.717) is 5.71 Å². The first kappa shape index (κ1) is 9.45. The van der Waals surface area contributed by atoms with Crippen LogP contribution in [0, 0.1) is 5.41 Å². The van der Waals surface area contributed by atoms with Gasteiger partial charge in [0, 0.05) is 23.7 Å². The number of hydrogen-bond acceptors (Lipinski definition) is 3. The maximum atomic E-state index is 11.3. The highest BCUT2D eigenvalue weighted by Crippen LogP contribution is 2.18. The van der Waals surface area contributed by atoms with Crippen molar-refractivity contribution in [1.82, 2.24) is 4.98 Å². The number of dihydropyridines is 1. The van der Waals surface area contributed by atoms with Crippen LogP contribution in [0.2, 0.25) is 0 Å². The molecule has 0 atom stereocenters. The minimum absolute atomic E-state index is 0.203. The first-order chi connectivity index (χ1) is 7.18. The highest BCUT2D eigenvalue weighted by atomic mass is 16.1. The first-order valence-electron chi connectivity index (χ1n) is 4.49. The van der Waals surface area contributed by atoms with E-state index in [2.05, 4.69) is 9.98 Å². The molecule has 0 unspecified atom stereocenters. The predicted molar refractivity (Wildman–Crippen MR) is 58.1 cm³/mol. The van der Waals surface area contributed by atoms with E-state index in [4.69, 9.17) is 5.41 Å². The number of rotatable bonds is 1. The lowest BCUT2D eigenvalue weighted by atomic mass is 9.99. The van der Waals surface area contributed by atoms with E-state index in [0.717, 1.165) is 11.1 Å². The van der Waals surface area contributed by atoms with E-state index in [9.17, 15) is 4.79 Å². The summed E-state index contributed by atoms with van der Waals surface area (Å²) in [5.74, 6) is -0.558. The molecule has 1 aromatic rings. The van der Waals surface area contributed by atoms with Crippen molar-refractivity contribution in [1.29, 1.82) is 5.41 Å². The van der Waals surface area contributed by atoms with Gasteiger partial charge < -0.3 is 0 Å². The molecule has 0 radical (unpaired) electrons. The van der Waals surface area contributed by atoms with Gasteiger partial charge in [0.05, 0.1) is 0 Å². The third kappa shape index (κ3) is 1.74. The molecule has 74 valence electrons. The zero-order valence-corrected chi connectivity index (χ0v) is 8.19. The summed E-state index contributed by atoms with van der Waals surface area (Å²) in [5, 5.41) is 7.28. The van der Waals surface area contributed by atoms with Crippen LogP contribution in [0.25, 0.3) is 5.57 Å². The Bertz CT molecular complexity index is 486. The van der Waals surface area contributed by atoms with E-state index in [1.807, 2.05) is 12.1 Å².